The van der Waals surface area contributed by atoms with Crippen molar-refractivity contribution in [2.75, 3.05) is 25.9 Å². The van der Waals surface area contributed by atoms with Gasteiger partial charge in [0.05, 0.1) is 6.33 Å². The van der Waals surface area contributed by atoms with Crippen LogP contribution in [0.15, 0.2) is 6.33 Å². The highest BCUT2D eigenvalue weighted by atomic mass is 16.6. The molecule has 4 atom stereocenters. The van der Waals surface area contributed by atoms with E-state index in [2.05, 4.69) is 37.4 Å². The maximum atomic E-state index is 11.3. The van der Waals surface area contributed by atoms with Crippen LogP contribution in [0.25, 0.3) is 11.2 Å². The number of imidazole rings is 1. The molecule has 0 bridgehead atoms. The second-order valence-electron chi connectivity index (χ2n) is 5.72. The monoisotopic (exact) mass is 377 g/mol. The average Bonchev–Trinajstić information content (AvgIpc) is 3.20. The van der Waals surface area contributed by atoms with Gasteiger partial charge >= 0.3 is 6.03 Å². The van der Waals surface area contributed by atoms with E-state index in [1.807, 2.05) is 0 Å². The number of urea groups is 1. The van der Waals surface area contributed by atoms with Crippen molar-refractivity contribution in [3.63, 3.8) is 0 Å². The number of fused-ring (bicyclic) bond motifs is 1. The van der Waals surface area contributed by atoms with Crippen LogP contribution < -0.4 is 16.4 Å². The first-order chi connectivity index (χ1) is 13.0. The van der Waals surface area contributed by atoms with Gasteiger partial charge in [0.15, 0.2) is 17.7 Å². The lowest BCUT2D eigenvalue weighted by atomic mass is 10.1. The Morgan fingerprint density at radius 2 is 2.19 bits per heavy atom. The molecular formula is C15H19N7O5. The van der Waals surface area contributed by atoms with Crippen LogP contribution in [0.1, 0.15) is 12.1 Å². The Kier molecular flexibility index (Phi) is 5.38. The van der Waals surface area contributed by atoms with Crippen molar-refractivity contribution in [1.82, 2.24) is 30.2 Å². The summed E-state index contributed by atoms with van der Waals surface area (Å²) >= 11 is 0. The van der Waals surface area contributed by atoms with E-state index in [1.165, 1.54) is 17.9 Å². The van der Waals surface area contributed by atoms with Crippen LogP contribution in [-0.4, -0.2) is 79.4 Å². The van der Waals surface area contributed by atoms with Crippen molar-refractivity contribution < 1.29 is 24.9 Å². The van der Waals surface area contributed by atoms with E-state index in [1.54, 1.807) is 0 Å². The smallest absolute Gasteiger partial charge is 0.314 e. The number of hydrogen-bond acceptors (Lipinski definition) is 9. The van der Waals surface area contributed by atoms with Gasteiger partial charge in [-0.25, -0.2) is 19.7 Å². The van der Waals surface area contributed by atoms with Gasteiger partial charge in [-0.2, -0.15) is 0 Å². The zero-order valence-corrected chi connectivity index (χ0v) is 14.3. The molecule has 0 unspecified atom stereocenters. The van der Waals surface area contributed by atoms with Gasteiger partial charge in [0.2, 0.25) is 5.82 Å². The predicted octanol–water partition coefficient (Wildman–Crippen LogP) is -2.70. The van der Waals surface area contributed by atoms with Crippen LogP contribution in [0.2, 0.25) is 0 Å². The van der Waals surface area contributed by atoms with Gasteiger partial charge in [-0.05, 0) is 5.92 Å². The number of nitrogen functional groups attached to an aromatic ring is 1. The summed E-state index contributed by atoms with van der Waals surface area (Å²) in [7, 11) is 1.46. The first kappa shape index (κ1) is 18.8. The lowest BCUT2D eigenvalue weighted by Gasteiger charge is -2.16. The minimum atomic E-state index is -1.29. The predicted molar refractivity (Wildman–Crippen MR) is 92.1 cm³/mol. The van der Waals surface area contributed by atoms with Crippen molar-refractivity contribution in [2.45, 2.75) is 24.5 Å². The number of anilines is 1. The Balaban J connectivity index is 1.90. The summed E-state index contributed by atoms with van der Waals surface area (Å²) in [5, 5.41) is 34.3. The van der Waals surface area contributed by atoms with Gasteiger partial charge in [-0.1, -0.05) is 5.92 Å². The number of nitrogens with zero attached hydrogens (tertiary/aromatic N) is 4. The van der Waals surface area contributed by atoms with Gasteiger partial charge in [-0.3, -0.25) is 4.57 Å². The molecule has 0 saturated carbocycles. The maximum Gasteiger partial charge on any atom is 0.314 e. The number of rotatable bonds is 3. The highest BCUT2D eigenvalue weighted by Crippen LogP contribution is 2.31. The van der Waals surface area contributed by atoms with Crippen molar-refractivity contribution in [2.24, 2.45) is 0 Å². The van der Waals surface area contributed by atoms with Gasteiger partial charge in [0.1, 0.15) is 30.4 Å². The molecule has 1 fully saturated rings. The molecule has 0 aromatic carbocycles. The normalized spacial score (nSPS) is 24.4. The summed E-state index contributed by atoms with van der Waals surface area (Å²) in [5.41, 5.74) is 6.39. The molecule has 12 nitrogen and oxygen atoms in total. The van der Waals surface area contributed by atoms with Crippen LogP contribution in [0.5, 0.6) is 0 Å². The SMILES string of the molecule is CNC(=O)NC[C@H]1O[C@@H](n2cnc3c(N)nc(C#CCO)nc32)[C@H](O)[C@@H]1O. The molecule has 144 valence electrons. The van der Waals surface area contributed by atoms with E-state index >= 15 is 0 Å². The van der Waals surface area contributed by atoms with E-state index in [9.17, 15) is 15.0 Å². The van der Waals surface area contributed by atoms with Crippen molar-refractivity contribution in [3.05, 3.63) is 12.2 Å². The zero-order chi connectivity index (χ0) is 19.6. The van der Waals surface area contributed by atoms with E-state index in [0.29, 0.717) is 0 Å². The Hall–Kier alpha value is -2.98. The van der Waals surface area contributed by atoms with E-state index in [-0.39, 0.29) is 36.0 Å². The minimum Gasteiger partial charge on any atom is -0.387 e. The number of ether oxygens (including phenoxy) is 1. The quantitative estimate of drug-likeness (QED) is 0.310. The number of carbonyl (C=O) groups excluding carboxylic acids is 1. The molecule has 2 aromatic heterocycles. The average molecular weight is 377 g/mol. The number of aliphatic hydroxyl groups is 3. The van der Waals surface area contributed by atoms with Crippen LogP contribution in [0, 0.1) is 11.8 Å². The largest absolute Gasteiger partial charge is 0.387 e. The molecule has 1 aliphatic rings. The molecule has 1 saturated heterocycles. The number of aliphatic hydroxyl groups excluding tert-OH is 3. The Bertz CT molecular complexity index is 905. The van der Waals surface area contributed by atoms with Gasteiger partial charge in [0, 0.05) is 13.6 Å². The molecule has 3 rings (SSSR count). The molecule has 2 aromatic rings. The molecule has 27 heavy (non-hydrogen) atoms. The second kappa shape index (κ2) is 7.72. The summed E-state index contributed by atoms with van der Waals surface area (Å²) < 4.78 is 7.11. The van der Waals surface area contributed by atoms with Gasteiger partial charge < -0.3 is 36.4 Å². The molecule has 2 amide bonds. The Morgan fingerprint density at radius 1 is 1.41 bits per heavy atom. The van der Waals surface area contributed by atoms with E-state index < -0.39 is 30.6 Å². The van der Waals surface area contributed by atoms with Crippen LogP contribution >= 0.6 is 0 Å². The highest BCUT2D eigenvalue weighted by molar-refractivity contribution is 5.82. The number of carbonyl (C=O) groups is 1. The fraction of sp³-hybridized carbons (Fsp3) is 0.467. The Morgan fingerprint density at radius 3 is 2.89 bits per heavy atom. The van der Waals surface area contributed by atoms with Crippen LogP contribution in [-0.2, 0) is 4.74 Å². The Labute approximate surface area is 153 Å². The van der Waals surface area contributed by atoms with Crippen LogP contribution in [0.4, 0.5) is 10.6 Å². The summed E-state index contributed by atoms with van der Waals surface area (Å²) in [6.07, 6.45) is -3.02. The summed E-state index contributed by atoms with van der Waals surface area (Å²) in [5.74, 6) is 5.12. The third-order valence-electron chi connectivity index (χ3n) is 4.03. The molecule has 1 aliphatic heterocycles. The van der Waals surface area contributed by atoms with E-state index in [0.717, 1.165) is 0 Å². The molecule has 3 heterocycles. The zero-order valence-electron chi connectivity index (χ0n) is 14.3. The first-order valence-electron chi connectivity index (χ1n) is 8.03. The number of aromatic nitrogens is 4. The number of nitrogens with one attached hydrogen (secondary N) is 2. The van der Waals surface area contributed by atoms with Crippen LogP contribution in [0.3, 0.4) is 0 Å². The lowest BCUT2D eigenvalue weighted by Crippen LogP contribution is -2.42. The van der Waals surface area contributed by atoms with Crippen molar-refractivity contribution in [1.29, 1.82) is 0 Å². The van der Waals surface area contributed by atoms with Gasteiger partial charge in [-0.15, -0.1) is 0 Å². The van der Waals surface area contributed by atoms with Gasteiger partial charge in [0.25, 0.3) is 0 Å². The summed E-state index contributed by atoms with van der Waals surface area (Å²) in [6.45, 7) is -0.372. The summed E-state index contributed by atoms with van der Waals surface area (Å²) in [6, 6.07) is -0.440. The van der Waals surface area contributed by atoms with E-state index in [4.69, 9.17) is 15.6 Å². The van der Waals surface area contributed by atoms with Crippen molar-refractivity contribution in [3.8, 4) is 11.8 Å². The second-order valence-corrected chi connectivity index (χ2v) is 5.72. The molecule has 7 N–H and O–H groups in total. The number of nitrogens with two attached hydrogens (primary N) is 1. The first-order valence-corrected chi connectivity index (χ1v) is 8.03. The third-order valence-corrected chi connectivity index (χ3v) is 4.03. The molecule has 0 radical (unpaired) electrons. The topological polar surface area (TPSA) is 181 Å². The molecule has 0 aliphatic carbocycles. The fourth-order valence-electron chi connectivity index (χ4n) is 2.71. The fourth-order valence-corrected chi connectivity index (χ4v) is 2.71. The lowest BCUT2D eigenvalue weighted by molar-refractivity contribution is -0.0335. The molecular weight excluding hydrogens is 358 g/mol. The minimum absolute atomic E-state index is 0.00855. The maximum absolute atomic E-state index is 11.3. The number of hydrogen-bond donors (Lipinski definition) is 6. The third kappa shape index (κ3) is 3.62. The summed E-state index contributed by atoms with van der Waals surface area (Å²) in [4.78, 5) is 23.6. The molecule has 0 spiro atoms. The highest BCUT2D eigenvalue weighted by Gasteiger charge is 2.44. The molecule has 12 heteroatoms. The standard InChI is InChI=1S/C15H19N7O5/c1-17-15(26)18-5-7-10(24)11(25)14(27-7)22-6-19-9-12(16)20-8(3-2-4-23)21-13(9)22/h6-7,10-11,14,23-25H,4-5H2,1H3,(H2,16,20,21)(H2,17,18,26)/t7-,10-,11-,14-/m1/s1. The van der Waals surface area contributed by atoms with Crippen molar-refractivity contribution >= 4 is 23.0 Å². The number of amides is 2.